The number of carbonyl (C=O) groups is 1. The Bertz CT molecular complexity index is 580. The Morgan fingerprint density at radius 3 is 2.94 bits per heavy atom. The van der Waals surface area contributed by atoms with Crippen molar-refractivity contribution in [2.24, 2.45) is 0 Å². The Balaban J connectivity index is 2.06. The van der Waals surface area contributed by atoms with Crippen LogP contribution in [0.5, 0.6) is 0 Å². The lowest BCUT2D eigenvalue weighted by molar-refractivity contribution is 0.0685. The summed E-state index contributed by atoms with van der Waals surface area (Å²) in [6, 6.07) is 7.29. The van der Waals surface area contributed by atoms with Gasteiger partial charge in [-0.25, -0.2) is 4.79 Å². The van der Waals surface area contributed by atoms with Crippen molar-refractivity contribution in [2.45, 2.75) is 13.5 Å². The number of benzene rings is 1. The average Bonchev–Trinajstić information content (AvgIpc) is 2.79. The topological polar surface area (TPSA) is 75.4 Å². The first-order valence-corrected chi connectivity index (χ1v) is 6.04. The van der Waals surface area contributed by atoms with Crippen LogP contribution < -0.4 is 5.32 Å². The van der Waals surface area contributed by atoms with Gasteiger partial charge in [-0.3, -0.25) is 0 Å². The Kier molecular flexibility index (Phi) is 3.66. The molecule has 18 heavy (non-hydrogen) atoms. The van der Waals surface area contributed by atoms with E-state index in [0.29, 0.717) is 12.3 Å². The summed E-state index contributed by atoms with van der Waals surface area (Å²) in [5.41, 5.74) is 1.96. The van der Waals surface area contributed by atoms with Crippen LogP contribution in [0, 0.1) is 6.92 Å². The Hall–Kier alpha value is -1.82. The molecule has 1 aromatic carbocycles. The molecule has 0 fully saturated rings. The number of aromatic nitrogens is 1. The number of carboxylic acid groups (broad SMARTS) is 1. The fraction of sp³-hybridized carbons (Fsp3) is 0.167. The third-order valence-corrected chi connectivity index (χ3v) is 2.92. The van der Waals surface area contributed by atoms with Crippen LogP contribution >= 0.6 is 15.9 Å². The predicted molar refractivity (Wildman–Crippen MR) is 69.7 cm³/mol. The van der Waals surface area contributed by atoms with Crippen LogP contribution in [-0.2, 0) is 6.54 Å². The summed E-state index contributed by atoms with van der Waals surface area (Å²) < 4.78 is 5.88. The second-order valence-corrected chi connectivity index (χ2v) is 4.71. The van der Waals surface area contributed by atoms with Crippen molar-refractivity contribution in [3.8, 4) is 0 Å². The SMILES string of the molecule is Cc1ccc(Br)cc1NCc1cc(C(=O)O)no1. The first kappa shape index (κ1) is 12.6. The van der Waals surface area contributed by atoms with E-state index in [1.165, 1.54) is 6.07 Å². The zero-order chi connectivity index (χ0) is 13.1. The van der Waals surface area contributed by atoms with E-state index in [0.717, 1.165) is 15.7 Å². The number of aryl methyl sites for hydroxylation is 1. The molecule has 0 saturated carbocycles. The molecule has 5 nitrogen and oxygen atoms in total. The lowest BCUT2D eigenvalue weighted by Gasteiger charge is -2.07. The van der Waals surface area contributed by atoms with E-state index in [4.69, 9.17) is 9.63 Å². The highest BCUT2D eigenvalue weighted by atomic mass is 79.9. The first-order valence-electron chi connectivity index (χ1n) is 5.25. The number of halogens is 1. The third-order valence-electron chi connectivity index (χ3n) is 2.43. The third kappa shape index (κ3) is 2.89. The Morgan fingerprint density at radius 2 is 2.28 bits per heavy atom. The van der Waals surface area contributed by atoms with Gasteiger partial charge in [-0.05, 0) is 24.6 Å². The van der Waals surface area contributed by atoms with Crippen LogP contribution in [0.3, 0.4) is 0 Å². The minimum Gasteiger partial charge on any atom is -0.476 e. The van der Waals surface area contributed by atoms with Gasteiger partial charge in [0.2, 0.25) is 0 Å². The number of hydrogen-bond acceptors (Lipinski definition) is 4. The van der Waals surface area contributed by atoms with Crippen LogP contribution in [0.4, 0.5) is 5.69 Å². The Labute approximate surface area is 112 Å². The Morgan fingerprint density at radius 1 is 1.50 bits per heavy atom. The number of nitrogens with zero attached hydrogens (tertiary/aromatic N) is 1. The zero-order valence-electron chi connectivity index (χ0n) is 9.61. The molecule has 0 spiro atoms. The number of hydrogen-bond donors (Lipinski definition) is 2. The number of nitrogens with one attached hydrogen (secondary N) is 1. The van der Waals surface area contributed by atoms with Crippen LogP contribution in [0.2, 0.25) is 0 Å². The summed E-state index contributed by atoms with van der Waals surface area (Å²) >= 11 is 3.39. The summed E-state index contributed by atoms with van der Waals surface area (Å²) in [6.45, 7) is 2.37. The highest BCUT2D eigenvalue weighted by molar-refractivity contribution is 9.10. The van der Waals surface area contributed by atoms with Crippen molar-refractivity contribution in [3.63, 3.8) is 0 Å². The predicted octanol–water partition coefficient (Wildman–Crippen LogP) is 3.06. The van der Waals surface area contributed by atoms with Crippen LogP contribution in [0.25, 0.3) is 0 Å². The zero-order valence-corrected chi connectivity index (χ0v) is 11.2. The molecule has 0 saturated heterocycles. The molecule has 1 aromatic heterocycles. The van der Waals surface area contributed by atoms with E-state index in [-0.39, 0.29) is 5.69 Å². The quantitative estimate of drug-likeness (QED) is 0.907. The number of carboxylic acids is 1. The maximum absolute atomic E-state index is 10.6. The van der Waals surface area contributed by atoms with Gasteiger partial charge in [0.05, 0.1) is 6.54 Å². The van der Waals surface area contributed by atoms with E-state index in [1.54, 1.807) is 0 Å². The minimum atomic E-state index is -1.09. The van der Waals surface area contributed by atoms with Gasteiger partial charge in [-0.2, -0.15) is 0 Å². The highest BCUT2D eigenvalue weighted by Crippen LogP contribution is 2.21. The normalized spacial score (nSPS) is 10.3. The van der Waals surface area contributed by atoms with Crippen molar-refractivity contribution in [1.82, 2.24) is 5.16 Å². The summed E-state index contributed by atoms with van der Waals surface area (Å²) in [4.78, 5) is 10.6. The van der Waals surface area contributed by atoms with E-state index >= 15 is 0 Å². The second-order valence-electron chi connectivity index (χ2n) is 3.80. The molecule has 0 unspecified atom stereocenters. The molecule has 0 radical (unpaired) electrons. The molecule has 0 amide bonds. The van der Waals surface area contributed by atoms with Gasteiger partial charge in [0.25, 0.3) is 0 Å². The average molecular weight is 311 g/mol. The minimum absolute atomic E-state index is 0.0854. The molecule has 2 aromatic rings. The molecular formula is C12H11BrN2O3. The monoisotopic (exact) mass is 310 g/mol. The van der Waals surface area contributed by atoms with Crippen molar-refractivity contribution in [3.05, 3.63) is 45.8 Å². The van der Waals surface area contributed by atoms with E-state index in [2.05, 4.69) is 26.4 Å². The lowest BCUT2D eigenvalue weighted by Crippen LogP contribution is -2.00. The number of rotatable bonds is 4. The smallest absolute Gasteiger partial charge is 0.358 e. The number of aromatic carboxylic acids is 1. The van der Waals surface area contributed by atoms with Crippen molar-refractivity contribution in [1.29, 1.82) is 0 Å². The fourth-order valence-electron chi connectivity index (χ4n) is 1.46. The summed E-state index contributed by atoms with van der Waals surface area (Å²) in [7, 11) is 0. The van der Waals surface area contributed by atoms with Crippen molar-refractivity contribution >= 4 is 27.6 Å². The van der Waals surface area contributed by atoms with Gasteiger partial charge in [0.1, 0.15) is 0 Å². The molecule has 0 aliphatic rings. The second kappa shape index (κ2) is 5.22. The molecule has 2 rings (SSSR count). The van der Waals surface area contributed by atoms with Crippen LogP contribution in [-0.4, -0.2) is 16.2 Å². The maximum atomic E-state index is 10.6. The molecule has 0 aliphatic heterocycles. The molecule has 0 aliphatic carbocycles. The highest BCUT2D eigenvalue weighted by Gasteiger charge is 2.10. The molecule has 0 bridgehead atoms. The van der Waals surface area contributed by atoms with Gasteiger partial charge >= 0.3 is 5.97 Å². The lowest BCUT2D eigenvalue weighted by atomic mass is 10.2. The largest absolute Gasteiger partial charge is 0.476 e. The van der Waals surface area contributed by atoms with Crippen LogP contribution in [0.15, 0.2) is 33.3 Å². The maximum Gasteiger partial charge on any atom is 0.358 e. The van der Waals surface area contributed by atoms with Gasteiger partial charge < -0.3 is 14.9 Å². The standard InChI is InChI=1S/C12H11BrN2O3/c1-7-2-3-8(13)4-10(7)14-6-9-5-11(12(16)17)15-18-9/h2-5,14H,6H2,1H3,(H,16,17). The fourth-order valence-corrected chi connectivity index (χ4v) is 1.83. The van der Waals surface area contributed by atoms with E-state index < -0.39 is 5.97 Å². The molecule has 6 heteroatoms. The molecule has 0 atom stereocenters. The van der Waals surface area contributed by atoms with Crippen molar-refractivity contribution < 1.29 is 14.4 Å². The molecule has 2 N–H and O–H groups in total. The first-order chi connectivity index (χ1) is 8.56. The van der Waals surface area contributed by atoms with Gasteiger partial charge in [-0.1, -0.05) is 27.2 Å². The van der Waals surface area contributed by atoms with Crippen molar-refractivity contribution in [2.75, 3.05) is 5.32 Å². The van der Waals surface area contributed by atoms with Gasteiger partial charge in [0.15, 0.2) is 11.5 Å². The summed E-state index contributed by atoms with van der Waals surface area (Å²) in [6.07, 6.45) is 0. The molecule has 1 heterocycles. The van der Waals surface area contributed by atoms with Gasteiger partial charge in [-0.15, -0.1) is 0 Å². The van der Waals surface area contributed by atoms with Gasteiger partial charge in [0, 0.05) is 16.2 Å². The van der Waals surface area contributed by atoms with E-state index in [1.807, 2.05) is 25.1 Å². The summed E-state index contributed by atoms with van der Waals surface area (Å²) in [5, 5.41) is 15.3. The summed E-state index contributed by atoms with van der Waals surface area (Å²) in [5.74, 6) is -0.615. The molecular weight excluding hydrogens is 300 g/mol. The molecule has 94 valence electrons. The van der Waals surface area contributed by atoms with Crippen LogP contribution in [0.1, 0.15) is 21.8 Å². The number of anilines is 1. The van der Waals surface area contributed by atoms with E-state index in [9.17, 15) is 4.79 Å².